The van der Waals surface area contributed by atoms with Crippen LogP contribution in [-0.2, 0) is 23.0 Å². The van der Waals surface area contributed by atoms with Crippen molar-refractivity contribution in [2.75, 3.05) is 18.9 Å². The first-order chi connectivity index (χ1) is 10.1. The van der Waals surface area contributed by atoms with E-state index in [0.717, 1.165) is 29.8 Å². The van der Waals surface area contributed by atoms with Crippen molar-refractivity contribution in [3.05, 3.63) is 53.9 Å². The van der Waals surface area contributed by atoms with Crippen molar-refractivity contribution in [1.29, 1.82) is 0 Å². The zero-order valence-electron chi connectivity index (χ0n) is 11.8. The molecule has 1 aliphatic heterocycles. The first-order valence-electron chi connectivity index (χ1n) is 6.79. The molecule has 1 aliphatic rings. The largest absolute Gasteiger partial charge is 0.384 e. The van der Waals surface area contributed by atoms with Crippen molar-refractivity contribution in [2.45, 2.75) is 17.9 Å². The smallest absolute Gasteiger partial charge is 0.243 e. The lowest BCUT2D eigenvalue weighted by Gasteiger charge is -2.17. The van der Waals surface area contributed by atoms with Gasteiger partial charge in [0.2, 0.25) is 10.0 Å². The fraction of sp³-hybridized carbons (Fsp3) is 0.267. The maximum atomic E-state index is 12.6. The molecular weight excluding hydrogens is 286 g/mol. The molecule has 0 unspecified atom stereocenters. The number of aromatic nitrogens is 1. The highest BCUT2D eigenvalue weighted by Gasteiger charge is 2.23. The molecule has 1 aromatic heterocycles. The highest BCUT2D eigenvalue weighted by molar-refractivity contribution is 7.89. The zero-order valence-corrected chi connectivity index (χ0v) is 12.6. The van der Waals surface area contributed by atoms with Gasteiger partial charge in [0.15, 0.2) is 0 Å². The maximum absolute atomic E-state index is 12.6. The summed E-state index contributed by atoms with van der Waals surface area (Å²) >= 11 is 0. The van der Waals surface area contributed by atoms with E-state index in [4.69, 9.17) is 0 Å². The third-order valence-corrected chi connectivity index (χ3v) is 5.42. The van der Waals surface area contributed by atoms with E-state index in [1.807, 2.05) is 12.1 Å². The number of nitrogens with one attached hydrogen (secondary N) is 1. The van der Waals surface area contributed by atoms with Crippen molar-refractivity contribution in [2.24, 2.45) is 0 Å². The first kappa shape index (κ1) is 14.0. The highest BCUT2D eigenvalue weighted by Crippen LogP contribution is 2.26. The Kier molecular flexibility index (Phi) is 3.65. The number of hydrogen-bond donors (Lipinski definition) is 1. The van der Waals surface area contributed by atoms with E-state index >= 15 is 0 Å². The lowest BCUT2D eigenvalue weighted by Crippen LogP contribution is -2.26. The Hall–Kier alpha value is -1.92. The molecule has 0 amide bonds. The fourth-order valence-electron chi connectivity index (χ4n) is 2.46. The van der Waals surface area contributed by atoms with Crippen LogP contribution in [-0.4, -0.2) is 31.3 Å². The summed E-state index contributed by atoms with van der Waals surface area (Å²) in [7, 11) is -1.89. The van der Waals surface area contributed by atoms with Gasteiger partial charge in [-0.3, -0.25) is 4.98 Å². The van der Waals surface area contributed by atoms with Crippen molar-refractivity contribution in [3.63, 3.8) is 0 Å². The summed E-state index contributed by atoms with van der Waals surface area (Å²) in [5.74, 6) is 0. The van der Waals surface area contributed by atoms with Crippen LogP contribution in [0.1, 0.15) is 11.1 Å². The molecule has 2 heterocycles. The van der Waals surface area contributed by atoms with Gasteiger partial charge in [-0.05, 0) is 41.8 Å². The van der Waals surface area contributed by atoms with Crippen LogP contribution in [0.15, 0.2) is 47.6 Å². The van der Waals surface area contributed by atoms with Crippen LogP contribution in [0.3, 0.4) is 0 Å². The number of benzene rings is 1. The molecule has 0 saturated carbocycles. The summed E-state index contributed by atoms with van der Waals surface area (Å²) in [6, 6.07) is 8.94. The second-order valence-corrected chi connectivity index (χ2v) is 7.16. The number of pyridine rings is 1. The average molecular weight is 303 g/mol. The molecule has 21 heavy (non-hydrogen) atoms. The molecule has 5 nitrogen and oxygen atoms in total. The summed E-state index contributed by atoms with van der Waals surface area (Å²) in [4.78, 5) is 4.35. The van der Waals surface area contributed by atoms with Gasteiger partial charge in [0, 0.05) is 38.2 Å². The average Bonchev–Trinajstić information content (AvgIpc) is 2.95. The zero-order chi connectivity index (χ0) is 14.9. The molecule has 0 atom stereocenters. The fourth-order valence-corrected chi connectivity index (χ4v) is 3.67. The molecule has 0 bridgehead atoms. The van der Waals surface area contributed by atoms with Crippen LogP contribution in [0.4, 0.5) is 5.69 Å². The molecule has 3 rings (SSSR count). The minimum absolute atomic E-state index is 0.311. The highest BCUT2D eigenvalue weighted by atomic mass is 32.2. The summed E-state index contributed by atoms with van der Waals surface area (Å²) < 4.78 is 26.6. The standard InChI is InChI=1S/C15H17N3O2S/c1-18(11-12-3-2-7-16-10-12)21(19,20)14-4-5-15-13(9-14)6-8-17-15/h2-5,7,9-10,17H,6,8,11H2,1H3. The van der Waals surface area contributed by atoms with Crippen LogP contribution in [0.2, 0.25) is 0 Å². The van der Waals surface area contributed by atoms with Gasteiger partial charge >= 0.3 is 0 Å². The number of nitrogens with zero attached hydrogens (tertiary/aromatic N) is 2. The number of rotatable bonds is 4. The summed E-state index contributed by atoms with van der Waals surface area (Å²) in [5, 5.41) is 3.23. The van der Waals surface area contributed by atoms with Gasteiger partial charge in [-0.2, -0.15) is 4.31 Å². The number of hydrogen-bond acceptors (Lipinski definition) is 4. The van der Waals surface area contributed by atoms with E-state index in [0.29, 0.717) is 11.4 Å². The normalized spacial score (nSPS) is 14.0. The molecule has 1 N–H and O–H groups in total. The van der Waals surface area contributed by atoms with Gasteiger partial charge in [-0.15, -0.1) is 0 Å². The van der Waals surface area contributed by atoms with E-state index in [-0.39, 0.29) is 0 Å². The van der Waals surface area contributed by atoms with Crippen molar-refractivity contribution in [3.8, 4) is 0 Å². The molecule has 0 saturated heterocycles. The van der Waals surface area contributed by atoms with Crippen LogP contribution < -0.4 is 5.32 Å². The lowest BCUT2D eigenvalue weighted by atomic mass is 10.2. The minimum Gasteiger partial charge on any atom is -0.384 e. The molecule has 1 aromatic carbocycles. The van der Waals surface area contributed by atoms with Gasteiger partial charge in [0.05, 0.1) is 4.90 Å². The van der Waals surface area contributed by atoms with Gasteiger partial charge in [0.1, 0.15) is 0 Å². The SMILES string of the molecule is CN(Cc1cccnc1)S(=O)(=O)c1ccc2c(c1)CCN2. The Morgan fingerprint density at radius 3 is 2.95 bits per heavy atom. The molecule has 0 aliphatic carbocycles. The summed E-state index contributed by atoms with van der Waals surface area (Å²) in [5.41, 5.74) is 2.96. The van der Waals surface area contributed by atoms with Crippen LogP contribution in [0.25, 0.3) is 0 Å². The van der Waals surface area contributed by atoms with Gasteiger partial charge in [0.25, 0.3) is 0 Å². The second kappa shape index (κ2) is 5.46. The Labute approximate surface area is 124 Å². The molecular formula is C15H17N3O2S. The second-order valence-electron chi connectivity index (χ2n) is 5.12. The van der Waals surface area contributed by atoms with Gasteiger partial charge in [-0.1, -0.05) is 6.07 Å². The van der Waals surface area contributed by atoms with E-state index in [2.05, 4.69) is 10.3 Å². The topological polar surface area (TPSA) is 62.3 Å². The van der Waals surface area contributed by atoms with Gasteiger partial charge in [-0.25, -0.2) is 8.42 Å². The maximum Gasteiger partial charge on any atom is 0.243 e. The number of anilines is 1. The third-order valence-electron chi connectivity index (χ3n) is 3.62. The summed E-state index contributed by atoms with van der Waals surface area (Å²) in [6.45, 7) is 1.18. The van der Waals surface area contributed by atoms with Crippen LogP contribution in [0, 0.1) is 0 Å². The Bertz CT molecular complexity index is 745. The predicted octanol–water partition coefficient (Wildman–Crippen LogP) is 1.87. The van der Waals surface area contributed by atoms with Crippen molar-refractivity contribution < 1.29 is 8.42 Å². The molecule has 0 spiro atoms. The Morgan fingerprint density at radius 1 is 1.33 bits per heavy atom. The molecule has 0 fully saturated rings. The first-order valence-corrected chi connectivity index (χ1v) is 8.23. The molecule has 110 valence electrons. The molecule has 0 radical (unpaired) electrons. The Balaban J connectivity index is 1.86. The van der Waals surface area contributed by atoms with E-state index < -0.39 is 10.0 Å². The lowest BCUT2D eigenvalue weighted by molar-refractivity contribution is 0.466. The van der Waals surface area contributed by atoms with Gasteiger partial charge < -0.3 is 5.32 Å². The quantitative estimate of drug-likeness (QED) is 0.936. The number of fused-ring (bicyclic) bond motifs is 1. The van der Waals surface area contributed by atoms with E-state index in [1.54, 1.807) is 37.6 Å². The van der Waals surface area contributed by atoms with Crippen LogP contribution in [0.5, 0.6) is 0 Å². The molecule has 2 aromatic rings. The minimum atomic E-state index is -3.48. The van der Waals surface area contributed by atoms with E-state index in [1.165, 1.54) is 4.31 Å². The molecule has 6 heteroatoms. The monoisotopic (exact) mass is 303 g/mol. The van der Waals surface area contributed by atoms with Crippen LogP contribution >= 0.6 is 0 Å². The summed E-state index contributed by atoms with van der Waals surface area (Å²) in [6.07, 6.45) is 4.22. The van der Waals surface area contributed by atoms with Crippen molar-refractivity contribution in [1.82, 2.24) is 9.29 Å². The number of sulfonamides is 1. The third kappa shape index (κ3) is 2.77. The van der Waals surface area contributed by atoms with Crippen molar-refractivity contribution >= 4 is 15.7 Å². The Morgan fingerprint density at radius 2 is 2.19 bits per heavy atom. The van der Waals surface area contributed by atoms with E-state index in [9.17, 15) is 8.42 Å². The predicted molar refractivity (Wildman–Crippen MR) is 81.5 cm³/mol.